The lowest BCUT2D eigenvalue weighted by Gasteiger charge is -2.67. The van der Waals surface area contributed by atoms with Crippen LogP contribution in [0.4, 0.5) is 14.6 Å². The van der Waals surface area contributed by atoms with E-state index in [1.54, 1.807) is 92.7 Å². The number of rotatable bonds is 30. The van der Waals surface area contributed by atoms with Gasteiger partial charge in [-0.05, 0) is 134 Å². The maximum absolute atomic E-state index is 15.9. The van der Waals surface area contributed by atoms with Crippen molar-refractivity contribution in [2.24, 2.45) is 16.7 Å². The summed E-state index contributed by atoms with van der Waals surface area (Å²) in [7, 11) is 0. The minimum Gasteiger partial charge on any atom is -0.455 e. The van der Waals surface area contributed by atoms with E-state index >= 15 is 9.59 Å². The molecule has 2 saturated carbocycles. The van der Waals surface area contributed by atoms with E-state index < -0.39 is 161 Å². The molecule has 27 heteroatoms. The van der Waals surface area contributed by atoms with Crippen LogP contribution in [-0.2, 0) is 66.8 Å². The van der Waals surface area contributed by atoms with Gasteiger partial charge in [-0.15, -0.1) is 0 Å². The summed E-state index contributed by atoms with van der Waals surface area (Å²) in [5.74, 6) is -12.7. The van der Waals surface area contributed by atoms with Gasteiger partial charge < -0.3 is 63.7 Å². The van der Waals surface area contributed by atoms with Crippen LogP contribution < -0.4 is 16.5 Å². The Labute approximate surface area is 619 Å². The lowest BCUT2D eigenvalue weighted by Crippen LogP contribution is -2.82. The van der Waals surface area contributed by atoms with E-state index in [1.165, 1.54) is 31.6 Å². The second-order valence-corrected chi connectivity index (χ2v) is 29.1. The van der Waals surface area contributed by atoms with E-state index in [0.717, 1.165) is 74.9 Å². The number of fused-ring (bicyclic) bond motifs is 5. The molecule has 1 amide bonds. The highest BCUT2D eigenvalue weighted by atomic mass is 19.3. The molecule has 2 saturated heterocycles. The number of aromatic nitrogens is 2. The number of aliphatic hydroxyl groups is 4. The Morgan fingerprint density at radius 2 is 1.27 bits per heavy atom. The van der Waals surface area contributed by atoms with Gasteiger partial charge in [0.1, 0.15) is 36.1 Å². The molecular formula is C80H96F2N4O21. The van der Waals surface area contributed by atoms with Gasteiger partial charge in [0.2, 0.25) is 12.3 Å². The van der Waals surface area contributed by atoms with E-state index in [2.05, 4.69) is 27.9 Å². The summed E-state index contributed by atoms with van der Waals surface area (Å²) in [5.41, 5.74) is -2.38. The molecule has 2 bridgehead atoms. The molecule has 576 valence electrons. The molecule has 2 aliphatic heterocycles. The summed E-state index contributed by atoms with van der Waals surface area (Å²) in [5, 5.41) is 48.5. The number of Topliss-reactive ketones (excluding diaryl/α,β-unsaturated/α-hetero) is 1. The van der Waals surface area contributed by atoms with E-state index in [9.17, 15) is 62.8 Å². The number of hydrogen-bond donors (Lipinski definition) is 6. The number of nitrogens with one attached hydrogen (secondary N) is 2. The number of hydrogen-bond acceptors (Lipinski definition) is 23. The maximum Gasteiger partial charge on any atom is 0.351 e. The lowest BCUT2D eigenvalue weighted by atomic mass is 9.44. The fraction of sp³-hybridized carbons (Fsp3) is 0.500. The Balaban J connectivity index is 0.861. The zero-order valence-electron chi connectivity index (χ0n) is 61.8. The SMILES string of the molecule is CC(=O)O[C@H]1C(=O)[C@@]2(C)[C@H]([C@H](OC(=O)c3ccccc3)[C@]3(O)C[C@H](OC(=O)[C@H](OC(=O)CC/C(C)=C/CC/C(C)=C/CC/C=C(\C)CC/C=C(\C)CCC(=O)ONc4ccn([C@@H]5O[C@H](CO)[C@@H](O)C5(F)F)c(=O)n4)[C@@H](NC(=O)c4ccccc4)c4ccccc4)C(C)=C1C3(C)C)[C@]1(OC(C)=O)CO[C@@H]1C[C@@H]2O. The predicted octanol–water partition coefficient (Wildman–Crippen LogP) is 9.99. The molecule has 4 fully saturated rings. The van der Waals surface area contributed by atoms with Crippen molar-refractivity contribution in [3.8, 4) is 0 Å². The van der Waals surface area contributed by atoms with Crippen LogP contribution in [0.5, 0.6) is 0 Å². The van der Waals surface area contributed by atoms with Crippen molar-refractivity contribution in [3.05, 3.63) is 188 Å². The number of carbonyl (C=O) groups is 8. The molecule has 3 aromatic carbocycles. The number of alkyl halides is 2. The first-order valence-electron chi connectivity index (χ1n) is 35.9. The van der Waals surface area contributed by atoms with Gasteiger partial charge >= 0.3 is 47.4 Å². The molecule has 3 aliphatic carbocycles. The Hall–Kier alpha value is -9.38. The third kappa shape index (κ3) is 18.1. The van der Waals surface area contributed by atoms with Crippen molar-refractivity contribution in [2.75, 3.05) is 18.7 Å². The Morgan fingerprint density at radius 1 is 0.710 bits per heavy atom. The van der Waals surface area contributed by atoms with Crippen LogP contribution in [0.15, 0.2) is 166 Å². The number of aliphatic hydroxyl groups excluding tert-OH is 3. The quantitative estimate of drug-likeness (QED) is 0.00929. The van der Waals surface area contributed by atoms with E-state index in [4.69, 9.17) is 38.0 Å². The second kappa shape index (κ2) is 34.7. The van der Waals surface area contributed by atoms with Crippen LogP contribution in [0.3, 0.4) is 0 Å². The average Bonchev–Trinajstić information content (AvgIpc) is 1.05. The highest BCUT2D eigenvalue weighted by Crippen LogP contribution is 2.65. The number of carbonyl (C=O) groups excluding carboxylic acids is 8. The maximum atomic E-state index is 15.9. The zero-order valence-corrected chi connectivity index (χ0v) is 61.8. The summed E-state index contributed by atoms with van der Waals surface area (Å²) < 4.78 is 72.0. The van der Waals surface area contributed by atoms with Gasteiger partial charge in [-0.1, -0.05) is 127 Å². The molecule has 1 aromatic heterocycles. The van der Waals surface area contributed by atoms with Crippen LogP contribution in [0.1, 0.15) is 185 Å². The third-order valence-electron chi connectivity index (χ3n) is 21.3. The minimum atomic E-state index is -3.88. The van der Waals surface area contributed by atoms with Gasteiger partial charge in [-0.25, -0.2) is 24.7 Å². The lowest BCUT2D eigenvalue weighted by molar-refractivity contribution is -0.346. The van der Waals surface area contributed by atoms with Crippen molar-refractivity contribution in [1.29, 1.82) is 0 Å². The average molecular weight is 1490 g/mol. The van der Waals surface area contributed by atoms with Gasteiger partial charge in [0, 0.05) is 56.4 Å². The van der Waals surface area contributed by atoms with Crippen LogP contribution in [0.25, 0.3) is 0 Å². The number of ether oxygens (including phenoxy) is 7. The second-order valence-electron chi connectivity index (χ2n) is 29.1. The number of allylic oxidation sites excluding steroid dienone is 8. The van der Waals surface area contributed by atoms with E-state index in [0.29, 0.717) is 23.0 Å². The summed E-state index contributed by atoms with van der Waals surface area (Å²) in [4.78, 5) is 135. The van der Waals surface area contributed by atoms with Crippen LogP contribution >= 0.6 is 0 Å². The summed E-state index contributed by atoms with van der Waals surface area (Å²) in [6, 6.07) is 23.9. The smallest absolute Gasteiger partial charge is 0.351 e. The molecule has 14 atom stereocenters. The summed E-state index contributed by atoms with van der Waals surface area (Å²) in [6.45, 7) is 14.8. The number of halogens is 2. The predicted molar refractivity (Wildman–Crippen MR) is 383 cm³/mol. The minimum absolute atomic E-state index is 0.000557. The first kappa shape index (κ1) is 81.7. The van der Waals surface area contributed by atoms with Gasteiger partial charge in [0.25, 0.3) is 5.91 Å². The van der Waals surface area contributed by atoms with Crippen molar-refractivity contribution in [1.82, 2.24) is 14.9 Å². The molecule has 0 spiro atoms. The number of unbranched alkanes of at least 4 members (excludes halogenated alkanes) is 1. The molecule has 25 nitrogen and oxygen atoms in total. The van der Waals surface area contributed by atoms with Crippen LogP contribution in [-0.4, -0.2) is 157 Å². The number of esters is 5. The Kier molecular flexibility index (Phi) is 26.5. The van der Waals surface area contributed by atoms with E-state index in [-0.39, 0.29) is 60.4 Å². The number of anilines is 1. The largest absolute Gasteiger partial charge is 0.455 e. The van der Waals surface area contributed by atoms with Crippen molar-refractivity contribution in [2.45, 2.75) is 225 Å². The van der Waals surface area contributed by atoms with Crippen molar-refractivity contribution in [3.63, 3.8) is 0 Å². The van der Waals surface area contributed by atoms with Gasteiger partial charge in [0.05, 0.1) is 42.6 Å². The Morgan fingerprint density at radius 3 is 1.81 bits per heavy atom. The fourth-order valence-electron chi connectivity index (χ4n) is 15.2. The van der Waals surface area contributed by atoms with E-state index in [1.807, 2.05) is 39.8 Å². The number of nitrogens with zero attached hydrogens (tertiary/aromatic N) is 2. The highest BCUT2D eigenvalue weighted by Gasteiger charge is 2.78. The molecular weight excluding hydrogens is 1390 g/mol. The monoisotopic (exact) mass is 1490 g/mol. The zero-order chi connectivity index (χ0) is 77.9. The number of amides is 1. The number of benzene rings is 3. The van der Waals surface area contributed by atoms with Crippen LogP contribution in [0.2, 0.25) is 0 Å². The summed E-state index contributed by atoms with van der Waals surface area (Å²) >= 11 is 0. The highest BCUT2D eigenvalue weighted by molar-refractivity contribution is 5.96. The molecule has 5 aliphatic rings. The first-order valence-corrected chi connectivity index (χ1v) is 35.9. The van der Waals surface area contributed by atoms with Gasteiger partial charge in [0.15, 0.2) is 29.4 Å². The van der Waals surface area contributed by atoms with Gasteiger partial charge in [-0.2, -0.15) is 13.8 Å². The topological polar surface area (TPSA) is 350 Å². The molecule has 0 unspecified atom stereocenters. The van der Waals surface area contributed by atoms with Gasteiger partial charge in [-0.3, -0.25) is 28.5 Å². The van der Waals surface area contributed by atoms with Crippen molar-refractivity contribution >= 4 is 53.3 Å². The third-order valence-corrected chi connectivity index (χ3v) is 21.3. The van der Waals surface area contributed by atoms with Crippen LogP contribution in [0, 0.1) is 16.7 Å². The summed E-state index contributed by atoms with van der Waals surface area (Å²) in [6.07, 6.45) is -2.88. The molecule has 107 heavy (non-hydrogen) atoms. The first-order chi connectivity index (χ1) is 50.7. The van der Waals surface area contributed by atoms with Crippen molar-refractivity contribution < 1.29 is 106 Å². The molecule has 9 rings (SSSR count). The molecule has 0 radical (unpaired) electrons. The standard InChI is InChI=1S/C80H96F2N4O21/c1-46(24-20-21-25-47(2)27-23-29-49(4)37-39-62(92)107-85-60-40-41-86(75(98)83-60)74-80(81,82)68(93)57(44-87)103-74)26-22-28-48(3)36-38-61(91)104-66(64(53-30-14-11-15-31-53)84-71(95)54-32-16-12-17-33-54)73(97)102-56-43-79(99)70(105-72(96)55-34-18-13-19-35-55)67-77(10,58(90)42-59-78(67,45-100-59)106-52(7)89)69(94)65(101-51(6)88)63(50(56)5)76(79,8)9/h11-19,24-25,28-35,40-41,56-59,64-68,70,74,87,90,93,99H,20-23,26-27,36-39,42-45H2,1-10H3,(H,84,95)(H,83,85,98)/b46-24+,47-25+,48-28+,49-29+/t56-,57+,58-,59+,64-,65+,66+,67-,68+,70-,74+,77+,78-,79+/m0/s1. The Bertz CT molecular complexity index is 4160. The normalized spacial score (nSPS) is 27.3. The molecule has 6 N–H and O–H groups in total. The fourth-order valence-corrected chi connectivity index (χ4v) is 15.2. The molecule has 3 heterocycles. The number of ketones is 1. The molecule has 4 aromatic rings.